The van der Waals surface area contributed by atoms with Crippen molar-refractivity contribution in [2.45, 2.75) is 0 Å². The lowest BCUT2D eigenvalue weighted by atomic mass is 10.1. The Balaban J connectivity index is 2.20. The van der Waals surface area contributed by atoms with Gasteiger partial charge in [0.1, 0.15) is 5.75 Å². The van der Waals surface area contributed by atoms with E-state index in [1.54, 1.807) is 12.1 Å². The van der Waals surface area contributed by atoms with Gasteiger partial charge in [0.15, 0.2) is 9.84 Å². The molecular formula is C11H12INO4S. The monoisotopic (exact) mass is 381 g/mol. The van der Waals surface area contributed by atoms with E-state index < -0.39 is 9.84 Å². The highest BCUT2D eigenvalue weighted by molar-refractivity contribution is 14.1. The van der Waals surface area contributed by atoms with Crippen molar-refractivity contribution in [3.05, 3.63) is 27.3 Å². The summed E-state index contributed by atoms with van der Waals surface area (Å²) in [6.07, 6.45) is 0. The van der Waals surface area contributed by atoms with Crippen molar-refractivity contribution in [3.8, 4) is 5.75 Å². The average Bonchev–Trinajstić information content (AvgIpc) is 2.31. The Labute approximate surface area is 119 Å². The highest BCUT2D eigenvalue weighted by atomic mass is 127. The molecule has 7 heteroatoms. The molecule has 1 saturated heterocycles. The number of carbonyl (C=O) groups is 1. The van der Waals surface area contributed by atoms with Crippen LogP contribution in [-0.2, 0) is 9.84 Å². The second-order valence-corrected chi connectivity index (χ2v) is 7.65. The Morgan fingerprint density at radius 1 is 1.28 bits per heavy atom. The number of nitrogens with zero attached hydrogens (tertiary/aromatic N) is 1. The molecule has 0 radical (unpaired) electrons. The quantitative estimate of drug-likeness (QED) is 0.733. The van der Waals surface area contributed by atoms with Crippen LogP contribution in [0.2, 0.25) is 0 Å². The SMILES string of the molecule is O=C(c1cc(I)ccc1O)N1CCS(=O)(=O)CC1. The van der Waals surface area contributed by atoms with Gasteiger partial charge >= 0.3 is 0 Å². The van der Waals surface area contributed by atoms with E-state index in [1.165, 1.54) is 11.0 Å². The molecule has 1 amide bonds. The lowest BCUT2D eigenvalue weighted by molar-refractivity contribution is 0.0767. The molecule has 1 aromatic carbocycles. The first-order valence-electron chi connectivity index (χ1n) is 5.37. The first kappa shape index (κ1) is 13.6. The zero-order chi connectivity index (χ0) is 13.3. The summed E-state index contributed by atoms with van der Waals surface area (Å²) in [6, 6.07) is 4.77. The number of sulfone groups is 1. The van der Waals surface area contributed by atoms with E-state index in [2.05, 4.69) is 22.6 Å². The number of benzene rings is 1. The van der Waals surface area contributed by atoms with Crippen LogP contribution in [0.15, 0.2) is 18.2 Å². The fourth-order valence-electron chi connectivity index (χ4n) is 1.77. The van der Waals surface area contributed by atoms with Gasteiger partial charge in [-0.15, -0.1) is 0 Å². The summed E-state index contributed by atoms with van der Waals surface area (Å²) < 4.78 is 23.4. The summed E-state index contributed by atoms with van der Waals surface area (Å²) in [4.78, 5) is 13.6. The Morgan fingerprint density at radius 3 is 2.50 bits per heavy atom. The van der Waals surface area contributed by atoms with Crippen molar-refractivity contribution >= 4 is 38.3 Å². The minimum atomic E-state index is -3.01. The Kier molecular flexibility index (Phi) is 3.81. The van der Waals surface area contributed by atoms with E-state index in [4.69, 9.17) is 0 Å². The van der Waals surface area contributed by atoms with Gasteiger partial charge in [0.05, 0.1) is 17.1 Å². The molecule has 0 spiro atoms. The van der Waals surface area contributed by atoms with Crippen LogP contribution in [0.1, 0.15) is 10.4 Å². The normalized spacial score (nSPS) is 18.6. The van der Waals surface area contributed by atoms with Gasteiger partial charge < -0.3 is 10.0 Å². The molecular weight excluding hydrogens is 369 g/mol. The molecule has 1 aliphatic heterocycles. The molecule has 1 fully saturated rings. The summed E-state index contributed by atoms with van der Waals surface area (Å²) in [7, 11) is -3.01. The van der Waals surface area contributed by atoms with Crippen LogP contribution in [0.5, 0.6) is 5.75 Å². The number of phenolic OH excluding ortho intramolecular Hbond substituents is 1. The van der Waals surface area contributed by atoms with Crippen molar-refractivity contribution in [1.29, 1.82) is 0 Å². The van der Waals surface area contributed by atoms with Gasteiger partial charge in [0.25, 0.3) is 5.91 Å². The molecule has 0 unspecified atom stereocenters. The number of hydrogen-bond donors (Lipinski definition) is 1. The van der Waals surface area contributed by atoms with Crippen molar-refractivity contribution in [1.82, 2.24) is 4.90 Å². The number of phenols is 1. The maximum atomic E-state index is 12.2. The van der Waals surface area contributed by atoms with Gasteiger partial charge in [-0.2, -0.15) is 0 Å². The van der Waals surface area contributed by atoms with E-state index in [9.17, 15) is 18.3 Å². The molecule has 2 rings (SSSR count). The molecule has 1 aliphatic rings. The standard InChI is InChI=1S/C11H12INO4S/c12-8-1-2-10(14)9(7-8)11(15)13-3-5-18(16,17)6-4-13/h1-2,7,14H,3-6H2. The maximum absolute atomic E-state index is 12.2. The number of halogens is 1. The predicted molar refractivity (Wildman–Crippen MR) is 75.4 cm³/mol. The number of aromatic hydroxyl groups is 1. The van der Waals surface area contributed by atoms with Crippen molar-refractivity contribution in [2.75, 3.05) is 24.6 Å². The molecule has 0 aliphatic carbocycles. The van der Waals surface area contributed by atoms with Gasteiger partial charge in [0.2, 0.25) is 0 Å². The minimum Gasteiger partial charge on any atom is -0.507 e. The lowest BCUT2D eigenvalue weighted by Crippen LogP contribution is -2.43. The van der Waals surface area contributed by atoms with E-state index in [0.29, 0.717) is 0 Å². The Bertz CT molecular complexity index is 571. The van der Waals surface area contributed by atoms with Crippen LogP contribution in [0, 0.1) is 3.57 Å². The number of rotatable bonds is 1. The van der Waals surface area contributed by atoms with Crippen molar-refractivity contribution < 1.29 is 18.3 Å². The van der Waals surface area contributed by atoms with E-state index >= 15 is 0 Å². The summed E-state index contributed by atoms with van der Waals surface area (Å²) in [5.41, 5.74) is 0.223. The molecule has 1 N–H and O–H groups in total. The second-order valence-electron chi connectivity index (χ2n) is 4.11. The average molecular weight is 381 g/mol. The number of hydrogen-bond acceptors (Lipinski definition) is 4. The Morgan fingerprint density at radius 2 is 1.89 bits per heavy atom. The summed E-state index contributed by atoms with van der Waals surface area (Å²) in [5, 5.41) is 9.67. The van der Waals surface area contributed by atoms with Crippen molar-refractivity contribution in [3.63, 3.8) is 0 Å². The van der Waals surface area contributed by atoms with Crippen LogP contribution >= 0.6 is 22.6 Å². The first-order valence-corrected chi connectivity index (χ1v) is 8.27. The first-order chi connectivity index (χ1) is 8.39. The van der Waals surface area contributed by atoms with Gasteiger partial charge in [-0.25, -0.2) is 8.42 Å². The third kappa shape index (κ3) is 2.94. The number of amides is 1. The highest BCUT2D eigenvalue weighted by Gasteiger charge is 2.27. The smallest absolute Gasteiger partial charge is 0.257 e. The van der Waals surface area contributed by atoms with E-state index in [0.717, 1.165) is 3.57 Å². The molecule has 1 aromatic rings. The minimum absolute atomic E-state index is 0.0105. The third-order valence-corrected chi connectivity index (χ3v) is 5.10. The lowest BCUT2D eigenvalue weighted by Gasteiger charge is -2.27. The van der Waals surface area contributed by atoms with Crippen LogP contribution in [-0.4, -0.2) is 48.9 Å². The van der Waals surface area contributed by atoms with Crippen LogP contribution < -0.4 is 0 Å². The van der Waals surface area contributed by atoms with Gasteiger partial charge in [-0.1, -0.05) is 0 Å². The summed E-state index contributed by atoms with van der Waals surface area (Å²) in [6.45, 7) is 0.373. The van der Waals surface area contributed by atoms with Crippen molar-refractivity contribution in [2.24, 2.45) is 0 Å². The van der Waals surface area contributed by atoms with Gasteiger partial charge in [0, 0.05) is 16.7 Å². The fraction of sp³-hybridized carbons (Fsp3) is 0.364. The van der Waals surface area contributed by atoms with E-state index in [-0.39, 0.29) is 41.8 Å². The Hall–Kier alpha value is -0.830. The summed E-state index contributed by atoms with van der Waals surface area (Å²) >= 11 is 2.05. The van der Waals surface area contributed by atoms with E-state index in [1.807, 2.05) is 0 Å². The number of carbonyl (C=O) groups excluding carboxylic acids is 1. The van der Waals surface area contributed by atoms with Crippen LogP contribution in [0.4, 0.5) is 0 Å². The molecule has 0 saturated carbocycles. The predicted octanol–water partition coefficient (Wildman–Crippen LogP) is 0.867. The third-order valence-electron chi connectivity index (χ3n) is 2.82. The summed E-state index contributed by atoms with van der Waals surface area (Å²) in [5.74, 6) is -0.415. The highest BCUT2D eigenvalue weighted by Crippen LogP contribution is 2.22. The largest absolute Gasteiger partial charge is 0.507 e. The molecule has 1 heterocycles. The molecule has 0 bridgehead atoms. The van der Waals surface area contributed by atoms with Crippen LogP contribution in [0.3, 0.4) is 0 Å². The zero-order valence-electron chi connectivity index (χ0n) is 9.47. The molecule has 0 aromatic heterocycles. The van der Waals surface area contributed by atoms with Crippen LogP contribution in [0.25, 0.3) is 0 Å². The van der Waals surface area contributed by atoms with Gasteiger partial charge in [-0.05, 0) is 40.8 Å². The molecule has 98 valence electrons. The molecule has 0 atom stereocenters. The molecule has 5 nitrogen and oxygen atoms in total. The fourth-order valence-corrected chi connectivity index (χ4v) is 3.46. The second kappa shape index (κ2) is 5.04. The molecule has 18 heavy (non-hydrogen) atoms. The van der Waals surface area contributed by atoms with Gasteiger partial charge in [-0.3, -0.25) is 4.79 Å². The topological polar surface area (TPSA) is 74.7 Å². The zero-order valence-corrected chi connectivity index (χ0v) is 12.4. The maximum Gasteiger partial charge on any atom is 0.257 e.